The third-order valence-corrected chi connectivity index (χ3v) is 12.0. The summed E-state index contributed by atoms with van der Waals surface area (Å²) >= 11 is 0. The monoisotopic (exact) mass is 659 g/mol. The number of nitrogens with zero attached hydrogens (tertiary/aromatic N) is 2. The van der Waals surface area contributed by atoms with Gasteiger partial charge in [-0.05, 0) is 68.6 Å². The second kappa shape index (κ2) is 12.9. The Morgan fingerprint density at radius 1 is 1.02 bits per heavy atom. The first-order chi connectivity index (χ1) is 22.7. The summed E-state index contributed by atoms with van der Waals surface area (Å²) in [6.07, 6.45) is 9.92. The molecule has 0 bridgehead atoms. The molecule has 2 aliphatic heterocycles. The number of carbonyl (C=O) groups excluding carboxylic acids is 3. The summed E-state index contributed by atoms with van der Waals surface area (Å²) in [5, 5.41) is -0.553. The number of hydrogen-bond donors (Lipinski definition) is 1. The lowest BCUT2D eigenvalue weighted by atomic mass is 9.90. The summed E-state index contributed by atoms with van der Waals surface area (Å²) in [6, 6.07) is 16.4. The number of carbonyl (C=O) groups is 3. The maximum atomic E-state index is 14.4. The molecular weight excluding hydrogens is 618 g/mol. The van der Waals surface area contributed by atoms with E-state index in [0.29, 0.717) is 43.2 Å². The molecule has 47 heavy (non-hydrogen) atoms. The minimum atomic E-state index is -3.79. The van der Waals surface area contributed by atoms with E-state index >= 15 is 0 Å². The summed E-state index contributed by atoms with van der Waals surface area (Å²) in [4.78, 5) is 48.5. The fourth-order valence-corrected chi connectivity index (χ4v) is 8.65. The SMILES string of the molecule is O=C1C[C@]2(C(=O)NS(=O)(=O)C3CC3)C[C@H]2/C=C\CCCCC[C@H](Cc2ccccc2)C(=O)N2C[C@H](Oc3nc4ccccc4o3)C[C@@H]12. The quantitative estimate of drug-likeness (QED) is 0.345. The maximum absolute atomic E-state index is 14.4. The molecule has 10 nitrogen and oxygen atoms in total. The fraction of sp³-hybridized carbons (Fsp3) is 0.500. The van der Waals surface area contributed by atoms with Crippen molar-refractivity contribution in [3.63, 3.8) is 0 Å². The molecule has 2 saturated carbocycles. The second-order valence-corrected chi connectivity index (χ2v) is 15.6. The van der Waals surface area contributed by atoms with Crippen LogP contribution in [-0.4, -0.2) is 59.8 Å². The minimum absolute atomic E-state index is 0.0770. The zero-order chi connectivity index (χ0) is 32.6. The van der Waals surface area contributed by atoms with Gasteiger partial charge in [0.1, 0.15) is 11.6 Å². The minimum Gasteiger partial charge on any atom is -0.445 e. The Morgan fingerprint density at radius 2 is 1.81 bits per heavy atom. The van der Waals surface area contributed by atoms with Crippen LogP contribution in [0.15, 0.2) is 71.2 Å². The van der Waals surface area contributed by atoms with Gasteiger partial charge in [-0.2, -0.15) is 4.98 Å². The molecule has 2 amide bonds. The molecular formula is C36H41N3O7S. The van der Waals surface area contributed by atoms with E-state index in [1.807, 2.05) is 54.6 Å². The highest BCUT2D eigenvalue weighted by atomic mass is 32.2. The summed E-state index contributed by atoms with van der Waals surface area (Å²) in [5.41, 5.74) is 1.12. The number of para-hydroxylation sites is 2. The summed E-state index contributed by atoms with van der Waals surface area (Å²) < 4.78 is 39.8. The predicted molar refractivity (Wildman–Crippen MR) is 175 cm³/mol. The van der Waals surface area contributed by atoms with E-state index < -0.39 is 38.7 Å². The molecule has 3 fully saturated rings. The van der Waals surface area contributed by atoms with Gasteiger partial charge in [-0.3, -0.25) is 19.1 Å². The lowest BCUT2D eigenvalue weighted by Gasteiger charge is -2.29. The Labute approximate surface area is 275 Å². The van der Waals surface area contributed by atoms with Crippen molar-refractivity contribution in [3.8, 4) is 6.08 Å². The summed E-state index contributed by atoms with van der Waals surface area (Å²) in [6.45, 7) is 0.178. The van der Waals surface area contributed by atoms with E-state index in [0.717, 1.165) is 31.2 Å². The molecule has 7 rings (SSSR count). The van der Waals surface area contributed by atoms with Crippen molar-refractivity contribution in [1.29, 1.82) is 0 Å². The predicted octanol–water partition coefficient (Wildman–Crippen LogP) is 5.13. The summed E-state index contributed by atoms with van der Waals surface area (Å²) in [7, 11) is -3.79. The molecule has 0 radical (unpaired) electrons. The highest BCUT2D eigenvalue weighted by Crippen LogP contribution is 2.57. The van der Waals surface area contributed by atoms with Gasteiger partial charge in [0.2, 0.25) is 21.8 Å². The third kappa shape index (κ3) is 6.86. The van der Waals surface area contributed by atoms with Gasteiger partial charge in [-0.1, -0.05) is 67.5 Å². The highest BCUT2D eigenvalue weighted by molar-refractivity contribution is 7.90. The molecule has 5 atom stereocenters. The van der Waals surface area contributed by atoms with Gasteiger partial charge in [0.25, 0.3) is 0 Å². The van der Waals surface area contributed by atoms with Crippen LogP contribution in [0.2, 0.25) is 0 Å². The molecule has 1 aromatic heterocycles. The van der Waals surface area contributed by atoms with Crippen molar-refractivity contribution < 1.29 is 32.0 Å². The number of amides is 2. The van der Waals surface area contributed by atoms with Gasteiger partial charge < -0.3 is 14.1 Å². The Balaban J connectivity index is 1.18. The number of fused-ring (bicyclic) bond motifs is 3. The van der Waals surface area contributed by atoms with E-state index in [4.69, 9.17) is 9.15 Å². The van der Waals surface area contributed by atoms with Crippen LogP contribution in [0.4, 0.5) is 0 Å². The first-order valence-electron chi connectivity index (χ1n) is 16.8. The molecule has 4 aliphatic rings. The molecule has 3 heterocycles. The van der Waals surface area contributed by atoms with Crippen LogP contribution in [0, 0.1) is 17.3 Å². The third-order valence-electron chi connectivity index (χ3n) is 10.2. The fourth-order valence-electron chi connectivity index (χ4n) is 7.26. The molecule has 0 spiro atoms. The number of rotatable bonds is 7. The first-order valence-corrected chi connectivity index (χ1v) is 18.4. The molecule has 248 valence electrons. The van der Waals surface area contributed by atoms with E-state index in [1.165, 1.54) is 0 Å². The number of ether oxygens (including phenoxy) is 1. The maximum Gasteiger partial charge on any atom is 0.394 e. The Morgan fingerprint density at radius 3 is 2.60 bits per heavy atom. The highest BCUT2D eigenvalue weighted by Gasteiger charge is 2.61. The van der Waals surface area contributed by atoms with Gasteiger partial charge in [-0.25, -0.2) is 8.42 Å². The van der Waals surface area contributed by atoms with Crippen LogP contribution in [0.5, 0.6) is 6.08 Å². The van der Waals surface area contributed by atoms with Crippen molar-refractivity contribution >= 4 is 38.7 Å². The zero-order valence-corrected chi connectivity index (χ0v) is 27.2. The average Bonchev–Trinajstić information content (AvgIpc) is 3.95. The molecule has 1 saturated heterocycles. The number of oxazole rings is 1. The van der Waals surface area contributed by atoms with Gasteiger partial charge in [-0.15, -0.1) is 0 Å². The van der Waals surface area contributed by atoms with E-state index in [-0.39, 0.29) is 49.0 Å². The molecule has 3 aromatic rings. The van der Waals surface area contributed by atoms with E-state index in [9.17, 15) is 22.8 Å². The first kappa shape index (κ1) is 31.6. The number of allylic oxidation sites excluding steroid dienone is 2. The molecule has 1 N–H and O–H groups in total. The number of hydrogen-bond acceptors (Lipinski definition) is 8. The van der Waals surface area contributed by atoms with Crippen LogP contribution < -0.4 is 9.46 Å². The van der Waals surface area contributed by atoms with Crippen molar-refractivity contribution in [2.45, 2.75) is 88.0 Å². The second-order valence-electron chi connectivity index (χ2n) is 13.7. The van der Waals surface area contributed by atoms with Crippen LogP contribution >= 0.6 is 0 Å². The Bertz CT molecular complexity index is 1750. The number of Topliss-reactive ketones (excluding diaryl/α,β-unsaturated/α-hetero) is 1. The topological polar surface area (TPSA) is 136 Å². The Hall–Kier alpha value is -3.99. The number of ketones is 1. The standard InChI is InChI=1S/C36H41N3O7S/c40-31-22-36(34(42)38-47(43,44)28-17-18-28)21-26(36)14-8-3-1-2-7-13-25(19-24-11-5-4-6-12-24)33(41)39-23-27(20-30(31)39)45-35-37-29-15-9-10-16-32(29)46-35/h4-6,8-12,14-16,25-28,30H,1-3,7,13,17-23H2,(H,38,42)/b14-8-/t25-,26-,27-,30+,36-/m1/s1. The molecule has 2 aromatic carbocycles. The number of aromatic nitrogens is 1. The van der Waals surface area contributed by atoms with Crippen LogP contribution in [0.25, 0.3) is 11.1 Å². The van der Waals surface area contributed by atoms with Gasteiger partial charge >= 0.3 is 6.08 Å². The van der Waals surface area contributed by atoms with Gasteiger partial charge in [0.05, 0.1) is 23.3 Å². The molecule has 2 aliphatic carbocycles. The van der Waals surface area contributed by atoms with E-state index in [1.54, 1.807) is 11.0 Å². The number of benzene rings is 2. The normalized spacial score (nSPS) is 29.3. The Kier molecular flexibility index (Phi) is 8.67. The average molecular weight is 660 g/mol. The largest absolute Gasteiger partial charge is 0.445 e. The number of nitrogens with one attached hydrogen (secondary N) is 1. The van der Waals surface area contributed by atoms with Crippen LogP contribution in [0.3, 0.4) is 0 Å². The van der Waals surface area contributed by atoms with E-state index in [2.05, 4.69) is 15.8 Å². The molecule has 0 unspecified atom stereocenters. The van der Waals surface area contributed by atoms with Crippen molar-refractivity contribution in [2.75, 3.05) is 6.54 Å². The lowest BCUT2D eigenvalue weighted by molar-refractivity contribution is -0.142. The summed E-state index contributed by atoms with van der Waals surface area (Å²) in [5.74, 6) is -1.55. The zero-order valence-electron chi connectivity index (χ0n) is 26.4. The lowest BCUT2D eigenvalue weighted by Crippen LogP contribution is -2.46. The number of sulfonamides is 1. The van der Waals surface area contributed by atoms with Crippen LogP contribution in [0.1, 0.15) is 69.8 Å². The van der Waals surface area contributed by atoms with Gasteiger partial charge in [0, 0.05) is 18.8 Å². The van der Waals surface area contributed by atoms with Crippen molar-refractivity contribution in [1.82, 2.24) is 14.6 Å². The molecule has 11 heteroatoms. The van der Waals surface area contributed by atoms with Crippen LogP contribution in [-0.2, 0) is 30.8 Å². The van der Waals surface area contributed by atoms with Crippen molar-refractivity contribution in [2.24, 2.45) is 17.3 Å². The van der Waals surface area contributed by atoms with Crippen molar-refractivity contribution in [3.05, 3.63) is 72.3 Å². The smallest absolute Gasteiger partial charge is 0.394 e. The van der Waals surface area contributed by atoms with Gasteiger partial charge in [0.15, 0.2) is 11.4 Å².